The smallest absolute Gasteiger partial charge is 0.271 e. The zero-order valence-electron chi connectivity index (χ0n) is 21.4. The molecule has 0 bridgehead atoms. The molecule has 1 heterocycles. The number of carbonyl (C=O) groups is 1. The van der Waals surface area contributed by atoms with Crippen LogP contribution in [0.3, 0.4) is 0 Å². The Morgan fingerprint density at radius 1 is 0.811 bits per heavy atom. The van der Waals surface area contributed by atoms with E-state index in [9.17, 15) is 4.79 Å². The Kier molecular flexibility index (Phi) is 7.42. The first-order chi connectivity index (χ1) is 18.1. The van der Waals surface area contributed by atoms with Crippen molar-refractivity contribution in [3.05, 3.63) is 107 Å². The van der Waals surface area contributed by atoms with E-state index in [1.54, 1.807) is 4.90 Å². The number of ether oxygens (including phenoxy) is 1. The molecular formula is C32H30N2O2S. The lowest BCUT2D eigenvalue weighted by Crippen LogP contribution is -2.28. The highest BCUT2D eigenvalue weighted by Gasteiger charge is 2.35. The molecule has 0 radical (unpaired) electrons. The Hall–Kier alpha value is -3.83. The van der Waals surface area contributed by atoms with Gasteiger partial charge in [0.1, 0.15) is 5.75 Å². The summed E-state index contributed by atoms with van der Waals surface area (Å²) in [5, 5.41) is 2.74. The summed E-state index contributed by atoms with van der Waals surface area (Å²) >= 11 is 1.41. The van der Waals surface area contributed by atoms with Crippen molar-refractivity contribution in [3.8, 4) is 5.75 Å². The number of anilines is 1. The van der Waals surface area contributed by atoms with Crippen LogP contribution in [-0.2, 0) is 17.6 Å². The Balaban J connectivity index is 1.58. The predicted octanol–water partition coefficient (Wildman–Crippen LogP) is 8.17. The van der Waals surface area contributed by atoms with Crippen LogP contribution in [0.5, 0.6) is 5.75 Å². The lowest BCUT2D eigenvalue weighted by atomic mass is 10.0. The molecule has 0 saturated carbocycles. The Labute approximate surface area is 222 Å². The Morgan fingerprint density at radius 3 is 2.11 bits per heavy atom. The number of amidine groups is 1. The molecule has 1 fully saturated rings. The fraction of sp³-hybridized carbons (Fsp3) is 0.188. The summed E-state index contributed by atoms with van der Waals surface area (Å²) in [6.07, 6.45) is 3.90. The van der Waals surface area contributed by atoms with Gasteiger partial charge < -0.3 is 4.74 Å². The number of hydrogen-bond donors (Lipinski definition) is 0. The van der Waals surface area contributed by atoms with E-state index in [0.29, 0.717) is 16.7 Å². The van der Waals surface area contributed by atoms with Crippen molar-refractivity contribution in [3.63, 3.8) is 0 Å². The molecule has 1 amide bonds. The van der Waals surface area contributed by atoms with Gasteiger partial charge in [-0.3, -0.25) is 9.69 Å². The lowest BCUT2D eigenvalue weighted by Gasteiger charge is -2.16. The van der Waals surface area contributed by atoms with Crippen molar-refractivity contribution in [2.45, 2.75) is 33.6 Å². The molecular weight excluding hydrogens is 476 g/mol. The standard InChI is InChI=1S/C32H30N2O2S/c1-4-22-11-16-25(17-12-22)33-32-34(26-18-13-23(5-2)14-19-26)31(35)30(37-32)21-24-15-20-29(36-6-3)28-10-8-7-9-27(24)28/h7-21H,4-6H2,1-3H3/b30-21-,33-32?. The molecule has 186 valence electrons. The minimum Gasteiger partial charge on any atom is -0.493 e. The quantitative estimate of drug-likeness (QED) is 0.237. The highest BCUT2D eigenvalue weighted by atomic mass is 32.2. The summed E-state index contributed by atoms with van der Waals surface area (Å²) in [6.45, 7) is 6.84. The number of rotatable bonds is 7. The van der Waals surface area contributed by atoms with Crippen molar-refractivity contribution < 1.29 is 9.53 Å². The predicted molar refractivity (Wildman–Crippen MR) is 157 cm³/mol. The third-order valence-electron chi connectivity index (χ3n) is 6.48. The van der Waals surface area contributed by atoms with Gasteiger partial charge in [0.2, 0.25) is 0 Å². The maximum absolute atomic E-state index is 13.8. The van der Waals surface area contributed by atoms with Gasteiger partial charge in [-0.2, -0.15) is 0 Å². The second-order valence-corrected chi connectivity index (χ2v) is 9.83. The number of hydrogen-bond acceptors (Lipinski definition) is 4. The number of fused-ring (bicyclic) bond motifs is 1. The Morgan fingerprint density at radius 2 is 1.46 bits per heavy atom. The molecule has 0 atom stereocenters. The number of thioether (sulfide) groups is 1. The number of aliphatic imine (C=N–C) groups is 1. The Bertz CT molecular complexity index is 1490. The van der Waals surface area contributed by atoms with Gasteiger partial charge >= 0.3 is 0 Å². The van der Waals surface area contributed by atoms with Gasteiger partial charge in [0.25, 0.3) is 5.91 Å². The molecule has 0 aliphatic carbocycles. The fourth-order valence-corrected chi connectivity index (χ4v) is 5.41. The van der Waals surface area contributed by atoms with Crippen LogP contribution in [0.25, 0.3) is 16.8 Å². The van der Waals surface area contributed by atoms with Gasteiger partial charge in [-0.1, -0.05) is 68.4 Å². The zero-order valence-corrected chi connectivity index (χ0v) is 22.2. The number of aryl methyl sites for hydroxylation is 2. The molecule has 37 heavy (non-hydrogen) atoms. The molecule has 1 saturated heterocycles. The van der Waals surface area contributed by atoms with Gasteiger partial charge in [-0.15, -0.1) is 0 Å². The van der Waals surface area contributed by atoms with Crippen molar-refractivity contribution in [2.24, 2.45) is 4.99 Å². The first kappa shape index (κ1) is 24.8. The van der Waals surface area contributed by atoms with Crippen LogP contribution in [0.15, 0.2) is 94.8 Å². The molecule has 1 aliphatic rings. The van der Waals surface area contributed by atoms with Gasteiger partial charge in [-0.05, 0) is 90.0 Å². The maximum atomic E-state index is 13.8. The third-order valence-corrected chi connectivity index (χ3v) is 7.45. The minimum atomic E-state index is -0.0730. The number of amides is 1. The number of nitrogens with zero attached hydrogens (tertiary/aromatic N) is 2. The molecule has 5 rings (SSSR count). The van der Waals surface area contributed by atoms with Crippen molar-refractivity contribution in [1.82, 2.24) is 0 Å². The summed E-state index contributed by atoms with van der Waals surface area (Å²) < 4.78 is 5.84. The molecule has 1 aliphatic heterocycles. The average Bonchev–Trinajstić information content (AvgIpc) is 3.24. The van der Waals surface area contributed by atoms with Crippen LogP contribution in [0.2, 0.25) is 0 Å². The van der Waals surface area contributed by atoms with E-state index in [1.165, 1.54) is 22.9 Å². The second kappa shape index (κ2) is 11.1. The zero-order chi connectivity index (χ0) is 25.8. The third kappa shape index (κ3) is 5.18. The molecule has 5 heteroatoms. The largest absolute Gasteiger partial charge is 0.493 e. The van der Waals surface area contributed by atoms with Crippen LogP contribution >= 0.6 is 11.8 Å². The summed E-state index contributed by atoms with van der Waals surface area (Å²) in [4.78, 5) is 21.1. The highest BCUT2D eigenvalue weighted by Crippen LogP contribution is 2.39. The molecule has 0 spiro atoms. The van der Waals surface area contributed by atoms with Crippen LogP contribution < -0.4 is 9.64 Å². The van der Waals surface area contributed by atoms with Crippen molar-refractivity contribution in [2.75, 3.05) is 11.5 Å². The van der Waals surface area contributed by atoms with E-state index < -0.39 is 0 Å². The molecule has 0 unspecified atom stereocenters. The summed E-state index contributed by atoms with van der Waals surface area (Å²) in [6, 6.07) is 28.5. The van der Waals surface area contributed by atoms with E-state index in [4.69, 9.17) is 9.73 Å². The van der Waals surface area contributed by atoms with Crippen LogP contribution in [0.1, 0.15) is 37.5 Å². The van der Waals surface area contributed by atoms with E-state index in [0.717, 1.165) is 46.3 Å². The lowest BCUT2D eigenvalue weighted by molar-refractivity contribution is -0.113. The van der Waals surface area contributed by atoms with Gasteiger partial charge in [0.05, 0.1) is 22.9 Å². The normalized spacial score (nSPS) is 15.8. The molecule has 4 nitrogen and oxygen atoms in total. The molecule has 0 aromatic heterocycles. The van der Waals surface area contributed by atoms with Gasteiger partial charge in [0, 0.05) is 5.39 Å². The monoisotopic (exact) mass is 506 g/mol. The number of carbonyl (C=O) groups excluding carboxylic acids is 1. The second-order valence-electron chi connectivity index (χ2n) is 8.82. The van der Waals surface area contributed by atoms with Crippen molar-refractivity contribution >= 4 is 51.1 Å². The van der Waals surface area contributed by atoms with Crippen LogP contribution in [0, 0.1) is 0 Å². The van der Waals surface area contributed by atoms with E-state index in [-0.39, 0.29) is 5.91 Å². The molecule has 4 aromatic rings. The summed E-state index contributed by atoms with van der Waals surface area (Å²) in [7, 11) is 0. The van der Waals surface area contributed by atoms with E-state index in [2.05, 4.69) is 50.2 Å². The first-order valence-corrected chi connectivity index (χ1v) is 13.6. The highest BCUT2D eigenvalue weighted by molar-refractivity contribution is 8.19. The van der Waals surface area contributed by atoms with Crippen LogP contribution in [0.4, 0.5) is 11.4 Å². The van der Waals surface area contributed by atoms with Crippen LogP contribution in [-0.4, -0.2) is 17.7 Å². The minimum absolute atomic E-state index is 0.0730. The summed E-state index contributed by atoms with van der Waals surface area (Å²) in [5.41, 5.74) is 5.11. The van der Waals surface area contributed by atoms with Gasteiger partial charge in [-0.25, -0.2) is 4.99 Å². The van der Waals surface area contributed by atoms with Gasteiger partial charge in [0.15, 0.2) is 5.17 Å². The average molecular weight is 507 g/mol. The SMILES string of the molecule is CCOc1ccc(/C=C2\SC(=Nc3ccc(CC)cc3)N(c3ccc(CC)cc3)C2=O)c2ccccc12. The van der Waals surface area contributed by atoms with Crippen molar-refractivity contribution in [1.29, 1.82) is 0 Å². The first-order valence-electron chi connectivity index (χ1n) is 12.8. The fourth-order valence-electron chi connectivity index (χ4n) is 4.42. The summed E-state index contributed by atoms with van der Waals surface area (Å²) in [5.74, 6) is 0.775. The van der Waals surface area contributed by atoms with E-state index in [1.807, 2.05) is 61.5 Å². The topological polar surface area (TPSA) is 41.9 Å². The molecule has 4 aromatic carbocycles. The number of benzene rings is 4. The maximum Gasteiger partial charge on any atom is 0.271 e. The van der Waals surface area contributed by atoms with E-state index >= 15 is 0 Å². The molecule has 0 N–H and O–H groups in total.